The number of nitrogens with one attached hydrogen (secondary N) is 1. The number of H-pyrrole nitrogens is 1. The predicted molar refractivity (Wildman–Crippen MR) is 82.5 cm³/mol. The van der Waals surface area contributed by atoms with Crippen LogP contribution in [0.5, 0.6) is 5.75 Å². The minimum Gasteiger partial charge on any atom is -0.507 e. The van der Waals surface area contributed by atoms with Gasteiger partial charge in [-0.3, -0.25) is 4.79 Å². The Morgan fingerprint density at radius 1 is 1.43 bits per heavy atom. The van der Waals surface area contributed by atoms with Gasteiger partial charge in [0.2, 0.25) is 0 Å². The maximum Gasteiger partial charge on any atom is 0.270 e. The highest BCUT2D eigenvalue weighted by molar-refractivity contribution is 7.98. The molecule has 1 heterocycles. The van der Waals surface area contributed by atoms with Crippen LogP contribution in [-0.2, 0) is 0 Å². The van der Waals surface area contributed by atoms with Gasteiger partial charge in [0.05, 0.1) is 0 Å². The average molecular weight is 301 g/mol. The van der Waals surface area contributed by atoms with Crippen LogP contribution < -0.4 is 5.56 Å². The molecule has 0 aliphatic rings. The highest BCUT2D eigenvalue weighted by atomic mass is 32.2. The molecule has 0 aliphatic carbocycles. The van der Waals surface area contributed by atoms with E-state index < -0.39 is 5.56 Å². The lowest BCUT2D eigenvalue weighted by Gasteiger charge is -2.11. The van der Waals surface area contributed by atoms with Gasteiger partial charge < -0.3 is 10.1 Å². The number of thioether (sulfide) groups is 1. The molecule has 0 aliphatic heterocycles. The van der Waals surface area contributed by atoms with E-state index in [0.29, 0.717) is 10.7 Å². The number of aromatic nitrogens is 2. The van der Waals surface area contributed by atoms with E-state index in [2.05, 4.69) is 9.97 Å². The molecule has 5 nitrogen and oxygen atoms in total. The van der Waals surface area contributed by atoms with E-state index in [1.54, 1.807) is 18.4 Å². The summed E-state index contributed by atoms with van der Waals surface area (Å²) in [6.07, 6.45) is 1.78. The molecule has 1 aromatic heterocycles. The molecule has 21 heavy (non-hydrogen) atoms. The molecule has 0 saturated carbocycles. The molecule has 1 aromatic carbocycles. The van der Waals surface area contributed by atoms with Gasteiger partial charge in [-0.05, 0) is 29.9 Å². The van der Waals surface area contributed by atoms with Crippen molar-refractivity contribution in [1.29, 1.82) is 5.26 Å². The summed E-state index contributed by atoms with van der Waals surface area (Å²) in [4.78, 5) is 18.8. The van der Waals surface area contributed by atoms with Crippen molar-refractivity contribution in [3.05, 3.63) is 39.7 Å². The van der Waals surface area contributed by atoms with E-state index in [9.17, 15) is 15.2 Å². The van der Waals surface area contributed by atoms with E-state index in [1.165, 1.54) is 11.8 Å². The summed E-state index contributed by atoms with van der Waals surface area (Å²) >= 11 is 1.27. The minimum absolute atomic E-state index is 0.000975. The third-order valence-electron chi connectivity index (χ3n) is 3.15. The standard InChI is InChI=1S/C15H15N3O2S/c1-8(2)9-4-5-12(19)10(6-9)13-11(7-16)14(20)18-15(17-13)21-3/h4-6,8,19H,1-3H3,(H,17,18,20). The van der Waals surface area contributed by atoms with Gasteiger partial charge in [0.15, 0.2) is 5.16 Å². The number of nitrogens with zero attached hydrogens (tertiary/aromatic N) is 2. The third-order valence-corrected chi connectivity index (χ3v) is 3.73. The van der Waals surface area contributed by atoms with E-state index in [0.717, 1.165) is 5.56 Å². The first-order valence-electron chi connectivity index (χ1n) is 6.39. The molecular formula is C15H15N3O2S. The van der Waals surface area contributed by atoms with Crippen LogP contribution in [0.15, 0.2) is 28.2 Å². The topological polar surface area (TPSA) is 89.8 Å². The molecule has 2 rings (SSSR count). The van der Waals surface area contributed by atoms with Crippen LogP contribution in [0.3, 0.4) is 0 Å². The quantitative estimate of drug-likeness (QED) is 0.672. The van der Waals surface area contributed by atoms with Crippen molar-refractivity contribution in [3.8, 4) is 23.1 Å². The van der Waals surface area contributed by atoms with Gasteiger partial charge in [-0.1, -0.05) is 31.7 Å². The largest absolute Gasteiger partial charge is 0.507 e. The second-order valence-corrected chi connectivity index (χ2v) is 5.64. The molecule has 108 valence electrons. The van der Waals surface area contributed by atoms with Crippen LogP contribution in [0.2, 0.25) is 0 Å². The van der Waals surface area contributed by atoms with Crippen molar-refractivity contribution in [2.24, 2.45) is 0 Å². The molecule has 0 radical (unpaired) electrons. The van der Waals surface area contributed by atoms with Crippen LogP contribution >= 0.6 is 11.8 Å². The van der Waals surface area contributed by atoms with Gasteiger partial charge in [0.25, 0.3) is 5.56 Å². The summed E-state index contributed by atoms with van der Waals surface area (Å²) in [5.74, 6) is 0.262. The van der Waals surface area contributed by atoms with Crippen LogP contribution in [0, 0.1) is 11.3 Å². The van der Waals surface area contributed by atoms with Crippen molar-refractivity contribution in [2.75, 3.05) is 6.26 Å². The minimum atomic E-state index is -0.499. The SMILES string of the molecule is CSc1nc(-c2cc(C(C)C)ccc2O)c(C#N)c(=O)[nH]1. The number of nitriles is 1. The van der Waals surface area contributed by atoms with Gasteiger partial charge in [0.1, 0.15) is 23.1 Å². The van der Waals surface area contributed by atoms with Crippen molar-refractivity contribution in [2.45, 2.75) is 24.9 Å². The number of benzene rings is 1. The third kappa shape index (κ3) is 2.93. The summed E-state index contributed by atoms with van der Waals surface area (Å²) in [6.45, 7) is 4.06. The van der Waals surface area contributed by atoms with Gasteiger partial charge in [0, 0.05) is 5.56 Å². The number of phenols is 1. The molecule has 0 amide bonds. The smallest absolute Gasteiger partial charge is 0.270 e. The Kier molecular flexibility index (Phi) is 4.34. The fourth-order valence-electron chi connectivity index (χ4n) is 1.95. The lowest BCUT2D eigenvalue weighted by atomic mass is 9.97. The second kappa shape index (κ2) is 6.02. The number of phenolic OH excluding ortho intramolecular Hbond substituents is 1. The molecule has 0 unspecified atom stereocenters. The highest BCUT2D eigenvalue weighted by Crippen LogP contribution is 2.32. The van der Waals surface area contributed by atoms with Gasteiger partial charge in [-0.25, -0.2) is 4.98 Å². The number of hydrogen-bond donors (Lipinski definition) is 2. The molecule has 6 heteroatoms. The summed E-state index contributed by atoms with van der Waals surface area (Å²) in [5.41, 5.74) is 1.02. The Hall–Kier alpha value is -2.26. The molecule has 0 fully saturated rings. The van der Waals surface area contributed by atoms with Gasteiger partial charge >= 0.3 is 0 Å². The Labute approximate surface area is 126 Å². The molecule has 0 bridgehead atoms. The Balaban J connectivity index is 2.77. The van der Waals surface area contributed by atoms with E-state index in [1.807, 2.05) is 26.0 Å². The molecular weight excluding hydrogens is 286 g/mol. The van der Waals surface area contributed by atoms with E-state index >= 15 is 0 Å². The van der Waals surface area contributed by atoms with Crippen molar-refractivity contribution < 1.29 is 5.11 Å². The Bertz CT molecular complexity index is 775. The first-order chi connectivity index (χ1) is 9.97. The average Bonchev–Trinajstić information content (AvgIpc) is 2.46. The highest BCUT2D eigenvalue weighted by Gasteiger charge is 2.17. The number of aromatic amines is 1. The Morgan fingerprint density at radius 3 is 2.71 bits per heavy atom. The Morgan fingerprint density at radius 2 is 2.14 bits per heavy atom. The lowest BCUT2D eigenvalue weighted by molar-refractivity contribution is 0.476. The normalized spacial score (nSPS) is 10.6. The summed E-state index contributed by atoms with van der Waals surface area (Å²) in [7, 11) is 0. The molecule has 2 N–H and O–H groups in total. The molecule has 2 aromatic rings. The maximum atomic E-state index is 11.9. The number of aromatic hydroxyl groups is 1. The fraction of sp³-hybridized carbons (Fsp3) is 0.267. The monoisotopic (exact) mass is 301 g/mol. The van der Waals surface area contributed by atoms with E-state index in [-0.39, 0.29) is 22.9 Å². The zero-order chi connectivity index (χ0) is 15.6. The molecule has 0 atom stereocenters. The summed E-state index contributed by atoms with van der Waals surface area (Å²) in [5, 5.41) is 19.7. The fourth-order valence-corrected chi connectivity index (χ4v) is 2.33. The van der Waals surface area contributed by atoms with Crippen molar-refractivity contribution in [3.63, 3.8) is 0 Å². The van der Waals surface area contributed by atoms with Crippen LogP contribution in [0.25, 0.3) is 11.3 Å². The molecule has 0 spiro atoms. The van der Waals surface area contributed by atoms with Gasteiger partial charge in [-0.15, -0.1) is 0 Å². The second-order valence-electron chi connectivity index (χ2n) is 4.84. The maximum absolute atomic E-state index is 11.9. The predicted octanol–water partition coefficient (Wildman–Crippen LogP) is 2.86. The van der Waals surface area contributed by atoms with Crippen LogP contribution in [0.1, 0.15) is 30.9 Å². The zero-order valence-electron chi connectivity index (χ0n) is 12.0. The van der Waals surface area contributed by atoms with Crippen LogP contribution in [-0.4, -0.2) is 21.3 Å². The first kappa shape index (κ1) is 15.1. The van der Waals surface area contributed by atoms with Crippen LogP contribution in [0.4, 0.5) is 0 Å². The van der Waals surface area contributed by atoms with Crippen molar-refractivity contribution in [1.82, 2.24) is 9.97 Å². The first-order valence-corrected chi connectivity index (χ1v) is 7.62. The van der Waals surface area contributed by atoms with Crippen molar-refractivity contribution >= 4 is 11.8 Å². The molecule has 0 saturated heterocycles. The lowest BCUT2D eigenvalue weighted by Crippen LogP contribution is -2.14. The summed E-state index contributed by atoms with van der Waals surface area (Å²) in [6, 6.07) is 7.01. The van der Waals surface area contributed by atoms with Gasteiger partial charge in [-0.2, -0.15) is 5.26 Å². The summed E-state index contributed by atoms with van der Waals surface area (Å²) < 4.78 is 0. The van der Waals surface area contributed by atoms with E-state index in [4.69, 9.17) is 0 Å². The number of rotatable bonds is 3. The number of hydrogen-bond acceptors (Lipinski definition) is 5. The zero-order valence-corrected chi connectivity index (χ0v) is 12.8.